The van der Waals surface area contributed by atoms with Gasteiger partial charge in [0.25, 0.3) is 0 Å². The van der Waals surface area contributed by atoms with Gasteiger partial charge in [0, 0.05) is 24.9 Å². The van der Waals surface area contributed by atoms with Crippen LogP contribution < -0.4 is 33.2 Å². The van der Waals surface area contributed by atoms with E-state index in [9.17, 15) is 24.3 Å². The first-order chi connectivity index (χ1) is 16.5. The molecule has 0 aliphatic rings. The lowest BCUT2D eigenvalue weighted by atomic mass is 9.97. The molecule has 1 aromatic rings. The molecule has 0 saturated heterocycles. The molecule has 0 spiro atoms. The van der Waals surface area contributed by atoms with Gasteiger partial charge in [-0.2, -0.15) is 0 Å². The minimum atomic E-state index is -1.24. The van der Waals surface area contributed by atoms with Crippen LogP contribution in [0.5, 0.6) is 0 Å². The van der Waals surface area contributed by atoms with Crippen molar-refractivity contribution in [3.8, 4) is 0 Å². The predicted molar refractivity (Wildman–Crippen MR) is 129 cm³/mol. The maximum absolute atomic E-state index is 13.1. The number of carbonyl (C=O) groups excluding carboxylic acids is 3. The molecule has 0 radical (unpaired) electrons. The number of nitrogens with two attached hydrogens (primary N) is 3. The van der Waals surface area contributed by atoms with Crippen LogP contribution in [0.4, 0.5) is 0 Å². The number of aliphatic carboxylic acids is 1. The topological polar surface area (TPSA) is 244 Å². The first-order valence-corrected chi connectivity index (χ1v) is 11.4. The third kappa shape index (κ3) is 10.4. The molecule has 5 unspecified atom stereocenters. The third-order valence-corrected chi connectivity index (χ3v) is 5.38. The summed E-state index contributed by atoms with van der Waals surface area (Å²) in [6.07, 6.45) is 3.94. The van der Waals surface area contributed by atoms with Crippen molar-refractivity contribution in [3.63, 3.8) is 0 Å². The van der Waals surface area contributed by atoms with Gasteiger partial charge in [0.15, 0.2) is 5.96 Å². The second-order valence-corrected chi connectivity index (χ2v) is 8.35. The normalized spacial score (nSPS) is 15.1. The van der Waals surface area contributed by atoms with E-state index in [4.69, 9.17) is 17.2 Å². The number of H-pyrrole nitrogens is 1. The molecule has 14 heteroatoms. The van der Waals surface area contributed by atoms with Crippen LogP contribution in [0.2, 0.25) is 0 Å². The van der Waals surface area contributed by atoms with E-state index in [-0.39, 0.29) is 31.3 Å². The van der Waals surface area contributed by atoms with Crippen molar-refractivity contribution < 1.29 is 24.3 Å². The number of carboxylic acids is 1. The zero-order valence-electron chi connectivity index (χ0n) is 20.3. The molecule has 0 fully saturated rings. The summed E-state index contributed by atoms with van der Waals surface area (Å²) in [5, 5.41) is 17.3. The number of amides is 3. The molecule has 5 atom stereocenters. The van der Waals surface area contributed by atoms with Crippen LogP contribution >= 0.6 is 0 Å². The Kier molecular flexibility index (Phi) is 12.2. The number of imidazole rings is 1. The van der Waals surface area contributed by atoms with Gasteiger partial charge in [0.1, 0.15) is 18.1 Å². The minimum Gasteiger partial charge on any atom is -0.480 e. The molecule has 11 N–H and O–H groups in total. The molecule has 35 heavy (non-hydrogen) atoms. The highest BCUT2D eigenvalue weighted by molar-refractivity contribution is 5.94. The van der Waals surface area contributed by atoms with E-state index in [1.54, 1.807) is 6.92 Å². The molecule has 3 amide bonds. The van der Waals surface area contributed by atoms with E-state index < -0.39 is 47.9 Å². The largest absolute Gasteiger partial charge is 0.480 e. The fraction of sp³-hybridized carbons (Fsp3) is 0.619. The third-order valence-electron chi connectivity index (χ3n) is 5.38. The van der Waals surface area contributed by atoms with Crippen molar-refractivity contribution in [2.75, 3.05) is 6.54 Å². The van der Waals surface area contributed by atoms with Gasteiger partial charge in [-0.1, -0.05) is 20.3 Å². The summed E-state index contributed by atoms with van der Waals surface area (Å²) in [6, 6.07) is -4.12. The van der Waals surface area contributed by atoms with Crippen molar-refractivity contribution in [2.24, 2.45) is 28.1 Å². The molecule has 0 aromatic carbocycles. The number of hydrogen-bond donors (Lipinski definition) is 8. The molecule has 14 nitrogen and oxygen atoms in total. The monoisotopic (exact) mass is 495 g/mol. The number of carbonyl (C=O) groups is 4. The summed E-state index contributed by atoms with van der Waals surface area (Å²) in [5.74, 6) is -3.46. The fourth-order valence-corrected chi connectivity index (χ4v) is 3.11. The van der Waals surface area contributed by atoms with E-state index in [0.717, 1.165) is 0 Å². The first-order valence-electron chi connectivity index (χ1n) is 11.4. The minimum absolute atomic E-state index is 0.0138. The molecular weight excluding hydrogens is 458 g/mol. The Hall–Kier alpha value is -3.68. The summed E-state index contributed by atoms with van der Waals surface area (Å²) in [6.45, 7) is 5.30. The van der Waals surface area contributed by atoms with Crippen molar-refractivity contribution in [2.45, 2.75) is 70.6 Å². The molecule has 196 valence electrons. The van der Waals surface area contributed by atoms with Gasteiger partial charge in [0.05, 0.1) is 12.4 Å². The summed E-state index contributed by atoms with van der Waals surface area (Å²) in [4.78, 5) is 60.5. The van der Waals surface area contributed by atoms with Gasteiger partial charge >= 0.3 is 5.97 Å². The van der Waals surface area contributed by atoms with Crippen molar-refractivity contribution in [3.05, 3.63) is 18.2 Å². The quantitative estimate of drug-likeness (QED) is 0.0756. The molecular formula is C21H37N9O5. The lowest BCUT2D eigenvalue weighted by molar-refractivity contribution is -0.142. The van der Waals surface area contributed by atoms with Gasteiger partial charge in [-0.25, -0.2) is 9.78 Å². The highest BCUT2D eigenvalue weighted by Crippen LogP contribution is 2.11. The summed E-state index contributed by atoms with van der Waals surface area (Å²) in [5.41, 5.74) is 16.8. The van der Waals surface area contributed by atoms with E-state index in [0.29, 0.717) is 18.5 Å². The Morgan fingerprint density at radius 3 is 2.26 bits per heavy atom. The number of nitrogens with one attached hydrogen (secondary N) is 4. The first kappa shape index (κ1) is 29.4. The standard InChI is InChI=1S/C21H37N9O5/c1-4-11(2)16(19(33)29-15(20(34)35)8-13-9-25-10-27-13)30-18(32)14(28-17(31)12(3)22)6-5-7-26-21(23)24/h9-12,14-16H,4-8,22H2,1-3H3,(H,25,27)(H,28,31)(H,29,33)(H,30,32)(H,34,35)(H4,23,24,26). The predicted octanol–water partition coefficient (Wildman–Crippen LogP) is -2.06. The molecule has 0 aliphatic heterocycles. The van der Waals surface area contributed by atoms with Crippen LogP contribution in [0.1, 0.15) is 45.7 Å². The maximum Gasteiger partial charge on any atom is 0.326 e. The average molecular weight is 496 g/mol. The molecule has 0 saturated carbocycles. The van der Waals surface area contributed by atoms with Crippen LogP contribution in [0, 0.1) is 5.92 Å². The summed E-state index contributed by atoms with van der Waals surface area (Å²) >= 11 is 0. The summed E-state index contributed by atoms with van der Waals surface area (Å²) in [7, 11) is 0. The van der Waals surface area contributed by atoms with Gasteiger partial charge in [-0.15, -0.1) is 0 Å². The second-order valence-electron chi connectivity index (χ2n) is 8.35. The van der Waals surface area contributed by atoms with Gasteiger partial charge in [0.2, 0.25) is 17.7 Å². The van der Waals surface area contributed by atoms with E-state index in [1.165, 1.54) is 19.4 Å². The number of rotatable bonds is 15. The average Bonchev–Trinajstić information content (AvgIpc) is 3.30. The fourth-order valence-electron chi connectivity index (χ4n) is 3.11. The molecule has 1 aromatic heterocycles. The number of guanidine groups is 1. The number of carboxylic acid groups (broad SMARTS) is 1. The SMILES string of the molecule is CCC(C)C(NC(=O)C(CCCN=C(N)N)NC(=O)C(C)N)C(=O)NC(Cc1cnc[nH]1)C(=O)O. The summed E-state index contributed by atoms with van der Waals surface area (Å²) < 4.78 is 0. The highest BCUT2D eigenvalue weighted by atomic mass is 16.4. The Balaban J connectivity index is 2.98. The molecule has 0 bridgehead atoms. The lowest BCUT2D eigenvalue weighted by Crippen LogP contribution is -2.58. The second kappa shape index (κ2) is 14.6. The number of aliphatic imine (C=N–C) groups is 1. The molecule has 1 rings (SSSR count). The van der Waals surface area contributed by atoms with Crippen LogP contribution in [0.25, 0.3) is 0 Å². The zero-order chi connectivity index (χ0) is 26.5. The van der Waals surface area contributed by atoms with Gasteiger partial charge in [-0.3, -0.25) is 19.4 Å². The molecule has 0 aliphatic carbocycles. The van der Waals surface area contributed by atoms with E-state index in [2.05, 4.69) is 30.9 Å². The van der Waals surface area contributed by atoms with Gasteiger partial charge < -0.3 is 43.2 Å². The van der Waals surface area contributed by atoms with E-state index in [1.807, 2.05) is 6.92 Å². The number of hydrogen-bond acceptors (Lipinski definition) is 7. The van der Waals surface area contributed by atoms with Crippen LogP contribution in [-0.4, -0.2) is 75.4 Å². The number of aromatic nitrogens is 2. The van der Waals surface area contributed by atoms with Crippen LogP contribution in [0.15, 0.2) is 17.5 Å². The van der Waals surface area contributed by atoms with Crippen LogP contribution in [0.3, 0.4) is 0 Å². The van der Waals surface area contributed by atoms with Crippen molar-refractivity contribution >= 4 is 29.7 Å². The van der Waals surface area contributed by atoms with Gasteiger partial charge in [-0.05, 0) is 25.7 Å². The lowest BCUT2D eigenvalue weighted by Gasteiger charge is -2.28. The van der Waals surface area contributed by atoms with Crippen molar-refractivity contribution in [1.29, 1.82) is 0 Å². The number of aromatic amines is 1. The van der Waals surface area contributed by atoms with Crippen molar-refractivity contribution in [1.82, 2.24) is 25.9 Å². The Bertz CT molecular complexity index is 869. The number of nitrogens with zero attached hydrogens (tertiary/aromatic N) is 2. The highest BCUT2D eigenvalue weighted by Gasteiger charge is 2.32. The Labute approximate surface area is 203 Å². The Morgan fingerprint density at radius 2 is 1.74 bits per heavy atom. The van der Waals surface area contributed by atoms with Crippen LogP contribution in [-0.2, 0) is 25.6 Å². The Morgan fingerprint density at radius 1 is 1.09 bits per heavy atom. The maximum atomic E-state index is 13.1. The smallest absolute Gasteiger partial charge is 0.326 e. The van der Waals surface area contributed by atoms with E-state index >= 15 is 0 Å². The molecule has 1 heterocycles. The zero-order valence-corrected chi connectivity index (χ0v) is 20.3.